The molecule has 0 fully saturated rings. The Morgan fingerprint density at radius 1 is 1.33 bits per heavy atom. The van der Waals surface area contributed by atoms with Crippen molar-refractivity contribution in [2.75, 3.05) is 6.54 Å². The van der Waals surface area contributed by atoms with Gasteiger partial charge in [-0.15, -0.1) is 0 Å². The first-order valence-electron chi connectivity index (χ1n) is 4.86. The van der Waals surface area contributed by atoms with E-state index in [1.165, 1.54) is 25.7 Å². The van der Waals surface area contributed by atoms with Gasteiger partial charge in [0, 0.05) is 6.54 Å². The first kappa shape index (κ1) is 11.7. The molecule has 0 rings (SSSR count). The van der Waals surface area contributed by atoms with Crippen LogP contribution in [0.3, 0.4) is 0 Å². The predicted molar refractivity (Wildman–Crippen MR) is 53.0 cm³/mol. The molecule has 0 saturated heterocycles. The maximum absolute atomic E-state index is 9.05. The molecule has 72 valence electrons. The van der Waals surface area contributed by atoms with Gasteiger partial charge in [0.15, 0.2) is 0 Å². The lowest BCUT2D eigenvalue weighted by Crippen LogP contribution is -2.16. The Kier molecular flexibility index (Phi) is 8.51. The molecule has 12 heavy (non-hydrogen) atoms. The summed E-state index contributed by atoms with van der Waals surface area (Å²) < 4.78 is 0. The summed E-state index contributed by atoms with van der Waals surface area (Å²) in [5.74, 6) is 0. The van der Waals surface area contributed by atoms with Crippen molar-refractivity contribution in [1.82, 2.24) is 0 Å². The average Bonchev–Trinajstić information content (AvgIpc) is 2.10. The Bertz CT molecular complexity index is 112. The van der Waals surface area contributed by atoms with Crippen LogP contribution in [0.2, 0.25) is 0 Å². The molecule has 0 aliphatic rings. The van der Waals surface area contributed by atoms with Gasteiger partial charge in [0.1, 0.15) is 0 Å². The van der Waals surface area contributed by atoms with Crippen LogP contribution in [0.1, 0.15) is 39.0 Å². The van der Waals surface area contributed by atoms with Crippen molar-refractivity contribution in [2.24, 2.45) is 5.73 Å². The molecule has 0 aromatic rings. The zero-order valence-electron chi connectivity index (χ0n) is 8.00. The largest absolute Gasteiger partial charge is 0.388 e. The van der Waals surface area contributed by atoms with Crippen molar-refractivity contribution in [1.29, 1.82) is 0 Å². The Hall–Kier alpha value is -0.340. The smallest absolute Gasteiger partial charge is 0.0843 e. The van der Waals surface area contributed by atoms with E-state index >= 15 is 0 Å². The molecule has 0 amide bonds. The summed E-state index contributed by atoms with van der Waals surface area (Å²) in [7, 11) is 0. The minimum atomic E-state index is -0.448. The van der Waals surface area contributed by atoms with Gasteiger partial charge in [0.2, 0.25) is 0 Å². The molecule has 0 aliphatic heterocycles. The molecule has 0 aliphatic carbocycles. The van der Waals surface area contributed by atoms with Gasteiger partial charge in [0.05, 0.1) is 6.10 Å². The van der Waals surface area contributed by atoms with Crippen LogP contribution in [0.25, 0.3) is 0 Å². The molecule has 3 N–H and O–H groups in total. The lowest BCUT2D eigenvalue weighted by atomic mass is 10.1. The maximum Gasteiger partial charge on any atom is 0.0843 e. The van der Waals surface area contributed by atoms with Gasteiger partial charge < -0.3 is 10.8 Å². The highest BCUT2D eigenvalue weighted by Gasteiger charge is 1.91. The van der Waals surface area contributed by atoms with E-state index < -0.39 is 6.10 Å². The summed E-state index contributed by atoms with van der Waals surface area (Å²) in [5, 5.41) is 9.05. The molecular weight excluding hydrogens is 150 g/mol. The zero-order chi connectivity index (χ0) is 9.23. The number of nitrogens with two attached hydrogens (primary N) is 1. The Balaban J connectivity index is 3.12. The van der Waals surface area contributed by atoms with Crippen molar-refractivity contribution in [3.63, 3.8) is 0 Å². The van der Waals surface area contributed by atoms with Gasteiger partial charge >= 0.3 is 0 Å². The van der Waals surface area contributed by atoms with E-state index in [9.17, 15) is 0 Å². The summed E-state index contributed by atoms with van der Waals surface area (Å²) in [4.78, 5) is 0. The molecule has 0 spiro atoms. The van der Waals surface area contributed by atoms with E-state index in [0.717, 1.165) is 6.42 Å². The average molecular weight is 171 g/mol. The number of aliphatic hydroxyl groups is 1. The molecular formula is C10H21NO. The molecule has 1 atom stereocenters. The fraction of sp³-hybridized carbons (Fsp3) is 0.800. The summed E-state index contributed by atoms with van der Waals surface area (Å²) in [5.41, 5.74) is 5.23. The molecule has 0 saturated carbocycles. The van der Waals surface area contributed by atoms with E-state index in [1.807, 2.05) is 6.08 Å². The second-order valence-corrected chi connectivity index (χ2v) is 3.08. The van der Waals surface area contributed by atoms with Gasteiger partial charge in [-0.05, 0) is 12.8 Å². The van der Waals surface area contributed by atoms with Crippen molar-refractivity contribution in [2.45, 2.75) is 45.1 Å². The monoisotopic (exact) mass is 171 g/mol. The lowest BCUT2D eigenvalue weighted by Gasteiger charge is -1.98. The molecule has 1 unspecified atom stereocenters. The third-order valence-electron chi connectivity index (χ3n) is 1.82. The fourth-order valence-corrected chi connectivity index (χ4v) is 1.02. The number of hydrogen-bond donors (Lipinski definition) is 2. The van der Waals surface area contributed by atoms with Gasteiger partial charge in [0.25, 0.3) is 0 Å². The minimum Gasteiger partial charge on any atom is -0.388 e. The Labute approximate surface area is 75.5 Å². The van der Waals surface area contributed by atoms with Gasteiger partial charge in [-0.2, -0.15) is 0 Å². The molecule has 2 heteroatoms. The molecule has 2 nitrogen and oxygen atoms in total. The Morgan fingerprint density at radius 3 is 2.67 bits per heavy atom. The molecule has 0 radical (unpaired) electrons. The predicted octanol–water partition coefficient (Wildman–Crippen LogP) is 1.83. The number of hydrogen-bond acceptors (Lipinski definition) is 2. The van der Waals surface area contributed by atoms with Gasteiger partial charge in [-0.1, -0.05) is 38.3 Å². The summed E-state index contributed by atoms with van der Waals surface area (Å²) in [6.07, 6.45) is 9.52. The molecule has 0 aromatic carbocycles. The van der Waals surface area contributed by atoms with E-state index in [4.69, 9.17) is 10.8 Å². The van der Waals surface area contributed by atoms with E-state index in [0.29, 0.717) is 6.54 Å². The topological polar surface area (TPSA) is 46.2 Å². The lowest BCUT2D eigenvalue weighted by molar-refractivity contribution is 0.231. The van der Waals surface area contributed by atoms with Crippen LogP contribution < -0.4 is 5.73 Å². The number of unbranched alkanes of at least 4 members (excludes halogenated alkanes) is 4. The minimum absolute atomic E-state index is 0.325. The molecule has 0 bridgehead atoms. The highest BCUT2D eigenvalue weighted by Crippen LogP contribution is 2.02. The van der Waals surface area contributed by atoms with E-state index in [2.05, 4.69) is 6.92 Å². The number of rotatable bonds is 7. The second kappa shape index (κ2) is 8.75. The zero-order valence-corrected chi connectivity index (χ0v) is 8.00. The SMILES string of the molecule is CCCCCC/C=C/C(O)CN. The first-order valence-corrected chi connectivity index (χ1v) is 4.86. The standard InChI is InChI=1S/C10H21NO/c1-2-3-4-5-6-7-8-10(12)9-11/h7-8,10,12H,2-6,9,11H2,1H3/b8-7+. The quantitative estimate of drug-likeness (QED) is 0.453. The third-order valence-corrected chi connectivity index (χ3v) is 1.82. The summed E-state index contributed by atoms with van der Waals surface area (Å²) in [6.45, 7) is 2.53. The van der Waals surface area contributed by atoms with Crippen LogP contribution in [0.4, 0.5) is 0 Å². The summed E-state index contributed by atoms with van der Waals surface area (Å²) in [6, 6.07) is 0. The number of allylic oxidation sites excluding steroid dienone is 1. The second-order valence-electron chi connectivity index (χ2n) is 3.08. The third kappa shape index (κ3) is 7.76. The van der Waals surface area contributed by atoms with Crippen LogP contribution in [0, 0.1) is 0 Å². The van der Waals surface area contributed by atoms with Crippen molar-refractivity contribution < 1.29 is 5.11 Å². The first-order chi connectivity index (χ1) is 5.81. The Morgan fingerprint density at radius 2 is 2.08 bits per heavy atom. The molecule has 0 aromatic heterocycles. The highest BCUT2D eigenvalue weighted by molar-refractivity contribution is 4.88. The number of aliphatic hydroxyl groups excluding tert-OH is 1. The van der Waals surface area contributed by atoms with Crippen molar-refractivity contribution >= 4 is 0 Å². The van der Waals surface area contributed by atoms with E-state index in [-0.39, 0.29) is 0 Å². The van der Waals surface area contributed by atoms with Crippen LogP contribution in [-0.2, 0) is 0 Å². The van der Waals surface area contributed by atoms with E-state index in [1.54, 1.807) is 6.08 Å². The van der Waals surface area contributed by atoms with Crippen LogP contribution in [0.5, 0.6) is 0 Å². The normalized spacial score (nSPS) is 13.9. The van der Waals surface area contributed by atoms with Crippen LogP contribution >= 0.6 is 0 Å². The van der Waals surface area contributed by atoms with Crippen LogP contribution in [0.15, 0.2) is 12.2 Å². The maximum atomic E-state index is 9.05. The van der Waals surface area contributed by atoms with Crippen LogP contribution in [-0.4, -0.2) is 17.8 Å². The van der Waals surface area contributed by atoms with Gasteiger partial charge in [-0.3, -0.25) is 0 Å². The van der Waals surface area contributed by atoms with Crippen molar-refractivity contribution in [3.05, 3.63) is 12.2 Å². The van der Waals surface area contributed by atoms with Gasteiger partial charge in [-0.25, -0.2) is 0 Å². The summed E-state index contributed by atoms with van der Waals surface area (Å²) >= 11 is 0. The van der Waals surface area contributed by atoms with Crippen molar-refractivity contribution in [3.8, 4) is 0 Å². The fourth-order valence-electron chi connectivity index (χ4n) is 1.02. The molecule has 0 heterocycles. The highest BCUT2D eigenvalue weighted by atomic mass is 16.3.